The molecule has 5 heteroatoms. The molecule has 0 unspecified atom stereocenters. The molecule has 0 saturated carbocycles. The Kier molecular flexibility index (Phi) is 5.13. The van der Waals surface area contributed by atoms with Crippen molar-refractivity contribution in [2.24, 2.45) is 0 Å². The number of hydrogen-bond donors (Lipinski definition) is 0. The fraction of sp³-hybridized carbons (Fsp3) is 0.737. The molecule has 0 bridgehead atoms. The Hall–Kier alpha value is -1.01. The molecule has 0 aliphatic carbocycles. The first-order valence-electron chi connectivity index (χ1n) is 9.41. The average molecular weight is 331 g/mol. The van der Waals surface area contributed by atoms with Gasteiger partial charge in [-0.05, 0) is 50.4 Å². The minimum Gasteiger partial charge on any atom is -0.377 e. The van der Waals surface area contributed by atoms with Gasteiger partial charge in [-0.25, -0.2) is 0 Å². The van der Waals surface area contributed by atoms with Gasteiger partial charge < -0.3 is 14.4 Å². The molecule has 1 aromatic rings. The van der Waals surface area contributed by atoms with Crippen LogP contribution in [-0.2, 0) is 16.0 Å². The van der Waals surface area contributed by atoms with Crippen molar-refractivity contribution in [2.75, 3.05) is 45.9 Å². The SMILES string of the molecule is c1cncc(CN2CCOC[C@]3(CC[C@@H](CN4CCCC4)O3)C2)c1. The summed E-state index contributed by atoms with van der Waals surface area (Å²) in [6, 6.07) is 4.16. The van der Waals surface area contributed by atoms with Gasteiger partial charge in [0.15, 0.2) is 0 Å². The highest BCUT2D eigenvalue weighted by atomic mass is 16.6. The number of aromatic nitrogens is 1. The van der Waals surface area contributed by atoms with E-state index in [4.69, 9.17) is 9.47 Å². The van der Waals surface area contributed by atoms with Crippen molar-refractivity contribution in [2.45, 2.75) is 43.9 Å². The van der Waals surface area contributed by atoms with E-state index < -0.39 is 0 Å². The molecule has 132 valence electrons. The maximum atomic E-state index is 6.58. The minimum absolute atomic E-state index is 0.108. The third kappa shape index (κ3) is 3.97. The zero-order valence-corrected chi connectivity index (χ0v) is 14.5. The van der Waals surface area contributed by atoms with Crippen molar-refractivity contribution in [1.29, 1.82) is 0 Å². The summed E-state index contributed by atoms with van der Waals surface area (Å²) in [5, 5.41) is 0. The van der Waals surface area contributed by atoms with Gasteiger partial charge in [0, 0.05) is 38.6 Å². The van der Waals surface area contributed by atoms with Crippen LogP contribution in [0.1, 0.15) is 31.2 Å². The Morgan fingerprint density at radius 3 is 2.96 bits per heavy atom. The van der Waals surface area contributed by atoms with E-state index in [0.29, 0.717) is 6.10 Å². The molecule has 0 N–H and O–H groups in total. The summed E-state index contributed by atoms with van der Waals surface area (Å²) in [5.41, 5.74) is 1.16. The van der Waals surface area contributed by atoms with Crippen molar-refractivity contribution in [3.8, 4) is 0 Å². The van der Waals surface area contributed by atoms with Gasteiger partial charge >= 0.3 is 0 Å². The lowest BCUT2D eigenvalue weighted by molar-refractivity contribution is -0.0913. The van der Waals surface area contributed by atoms with Gasteiger partial charge in [0.25, 0.3) is 0 Å². The van der Waals surface area contributed by atoms with Crippen LogP contribution >= 0.6 is 0 Å². The average Bonchev–Trinajstić information content (AvgIpc) is 3.19. The van der Waals surface area contributed by atoms with Gasteiger partial charge in [-0.3, -0.25) is 9.88 Å². The smallest absolute Gasteiger partial charge is 0.105 e. The molecule has 3 saturated heterocycles. The first-order valence-corrected chi connectivity index (χ1v) is 9.41. The summed E-state index contributed by atoms with van der Waals surface area (Å²) in [7, 11) is 0. The Labute approximate surface area is 144 Å². The van der Waals surface area contributed by atoms with Crippen molar-refractivity contribution in [3.63, 3.8) is 0 Å². The van der Waals surface area contributed by atoms with Gasteiger partial charge in [0.1, 0.15) is 5.60 Å². The maximum Gasteiger partial charge on any atom is 0.105 e. The number of rotatable bonds is 4. The third-order valence-electron chi connectivity index (χ3n) is 5.56. The Balaban J connectivity index is 1.37. The Morgan fingerprint density at radius 2 is 2.12 bits per heavy atom. The quantitative estimate of drug-likeness (QED) is 0.843. The second kappa shape index (κ2) is 7.48. The van der Waals surface area contributed by atoms with E-state index in [9.17, 15) is 0 Å². The van der Waals surface area contributed by atoms with Crippen LogP contribution in [0.5, 0.6) is 0 Å². The number of likely N-dealkylation sites (tertiary alicyclic amines) is 1. The number of pyridine rings is 1. The molecule has 2 atom stereocenters. The van der Waals surface area contributed by atoms with E-state index in [1.807, 2.05) is 18.5 Å². The van der Waals surface area contributed by atoms with Crippen molar-refractivity contribution >= 4 is 0 Å². The van der Waals surface area contributed by atoms with Crippen LogP contribution in [0, 0.1) is 0 Å². The molecule has 0 radical (unpaired) electrons. The number of hydrogen-bond acceptors (Lipinski definition) is 5. The van der Waals surface area contributed by atoms with Crippen LogP contribution in [-0.4, -0.2) is 72.4 Å². The van der Waals surface area contributed by atoms with Gasteiger partial charge in [-0.15, -0.1) is 0 Å². The maximum absolute atomic E-state index is 6.58. The van der Waals surface area contributed by atoms with E-state index in [-0.39, 0.29) is 5.60 Å². The molecule has 1 aromatic heterocycles. The molecule has 4 rings (SSSR count). The van der Waals surface area contributed by atoms with Crippen LogP contribution < -0.4 is 0 Å². The molecular weight excluding hydrogens is 302 g/mol. The van der Waals surface area contributed by atoms with Crippen molar-refractivity contribution < 1.29 is 9.47 Å². The summed E-state index contributed by atoms with van der Waals surface area (Å²) in [4.78, 5) is 9.28. The predicted octanol–water partition coefficient (Wildman–Crippen LogP) is 1.93. The molecule has 4 heterocycles. The van der Waals surface area contributed by atoms with E-state index >= 15 is 0 Å². The van der Waals surface area contributed by atoms with Crippen LogP contribution in [0.4, 0.5) is 0 Å². The van der Waals surface area contributed by atoms with Gasteiger partial charge in [-0.2, -0.15) is 0 Å². The zero-order valence-electron chi connectivity index (χ0n) is 14.5. The fourth-order valence-corrected chi connectivity index (χ4v) is 4.37. The van der Waals surface area contributed by atoms with Gasteiger partial charge in [0.2, 0.25) is 0 Å². The summed E-state index contributed by atoms with van der Waals surface area (Å²) in [6.45, 7) is 8.00. The van der Waals surface area contributed by atoms with Crippen LogP contribution in [0.15, 0.2) is 24.5 Å². The normalized spacial score (nSPS) is 32.4. The first-order chi connectivity index (χ1) is 11.8. The molecule has 1 spiro atoms. The molecule has 3 fully saturated rings. The molecule has 3 aliphatic heterocycles. The van der Waals surface area contributed by atoms with E-state index in [0.717, 1.165) is 45.8 Å². The summed E-state index contributed by atoms with van der Waals surface area (Å²) in [6.07, 6.45) is 9.16. The highest BCUT2D eigenvalue weighted by Gasteiger charge is 2.43. The summed E-state index contributed by atoms with van der Waals surface area (Å²) in [5.74, 6) is 0. The highest BCUT2D eigenvalue weighted by Crippen LogP contribution is 2.34. The Bertz CT molecular complexity index is 521. The third-order valence-corrected chi connectivity index (χ3v) is 5.56. The lowest BCUT2D eigenvalue weighted by atomic mass is 10.00. The first kappa shape index (κ1) is 16.5. The second-order valence-corrected chi connectivity index (χ2v) is 7.59. The summed E-state index contributed by atoms with van der Waals surface area (Å²) < 4.78 is 12.5. The molecule has 0 amide bonds. The molecule has 5 nitrogen and oxygen atoms in total. The second-order valence-electron chi connectivity index (χ2n) is 7.59. The highest BCUT2D eigenvalue weighted by molar-refractivity contribution is 5.08. The molecule has 0 aromatic carbocycles. The molecule has 3 aliphatic rings. The van der Waals surface area contributed by atoms with Crippen LogP contribution in [0.3, 0.4) is 0 Å². The van der Waals surface area contributed by atoms with Crippen LogP contribution in [0.25, 0.3) is 0 Å². The van der Waals surface area contributed by atoms with Crippen LogP contribution in [0.2, 0.25) is 0 Å². The predicted molar refractivity (Wildman–Crippen MR) is 92.8 cm³/mol. The lowest BCUT2D eigenvalue weighted by Gasteiger charge is -2.32. The lowest BCUT2D eigenvalue weighted by Crippen LogP contribution is -2.45. The van der Waals surface area contributed by atoms with E-state index in [1.165, 1.54) is 37.9 Å². The zero-order chi connectivity index (χ0) is 16.2. The number of nitrogens with zero attached hydrogens (tertiary/aromatic N) is 3. The van der Waals surface area contributed by atoms with Crippen molar-refractivity contribution in [1.82, 2.24) is 14.8 Å². The fourth-order valence-electron chi connectivity index (χ4n) is 4.37. The largest absolute Gasteiger partial charge is 0.377 e. The molecular formula is C19H29N3O2. The van der Waals surface area contributed by atoms with Gasteiger partial charge in [-0.1, -0.05) is 6.07 Å². The number of ether oxygens (including phenoxy) is 2. The topological polar surface area (TPSA) is 37.8 Å². The monoisotopic (exact) mass is 331 g/mol. The molecule has 24 heavy (non-hydrogen) atoms. The Morgan fingerprint density at radius 1 is 1.21 bits per heavy atom. The van der Waals surface area contributed by atoms with E-state index in [2.05, 4.69) is 20.9 Å². The summed E-state index contributed by atoms with van der Waals surface area (Å²) >= 11 is 0. The van der Waals surface area contributed by atoms with Crippen molar-refractivity contribution in [3.05, 3.63) is 30.1 Å². The van der Waals surface area contributed by atoms with Gasteiger partial charge in [0.05, 0.1) is 19.3 Å². The minimum atomic E-state index is -0.108. The van der Waals surface area contributed by atoms with E-state index in [1.54, 1.807) is 0 Å². The standard InChI is InChI=1S/C19H29N3O2/c1-2-9-21(8-1)14-18-5-6-19(24-18)15-22(10-11-23-16-19)13-17-4-3-7-20-12-17/h3-4,7,12,18H,1-2,5-6,8-11,13-16H2/t18-,19-/m0/s1.